The van der Waals surface area contributed by atoms with Crippen LogP contribution in [-0.2, 0) is 20.8 Å². The van der Waals surface area contributed by atoms with Crippen molar-refractivity contribution >= 4 is 5.91 Å². The van der Waals surface area contributed by atoms with Crippen LogP contribution in [0.2, 0.25) is 0 Å². The lowest BCUT2D eigenvalue weighted by atomic mass is 9.80. The van der Waals surface area contributed by atoms with Gasteiger partial charge >= 0.3 is 0 Å². The molecule has 0 saturated carbocycles. The summed E-state index contributed by atoms with van der Waals surface area (Å²) in [5, 5.41) is 9.48. The number of aliphatic hydroxyl groups excluding tert-OH is 1. The first-order valence-electron chi connectivity index (χ1n) is 12.9. The first-order chi connectivity index (χ1) is 17.6. The molecule has 2 aromatic rings. The Morgan fingerprint density at radius 1 is 1.06 bits per heavy atom. The summed E-state index contributed by atoms with van der Waals surface area (Å²) in [5.74, 6) is 0.979. The Labute approximate surface area is 214 Å². The number of methoxy groups -OCH3 is 1. The van der Waals surface area contributed by atoms with Crippen LogP contribution in [0.3, 0.4) is 0 Å². The van der Waals surface area contributed by atoms with Gasteiger partial charge in [0.25, 0.3) is 5.91 Å². The highest BCUT2D eigenvalue weighted by Crippen LogP contribution is 2.40. The molecule has 7 heteroatoms. The second-order valence-corrected chi connectivity index (χ2v) is 9.36. The standard InChI is InChI=1S/C29H38N2O5/c1-3-35-29-25(10-7-19-32)26(23-11-13-24(34-2)14-12-23)20-27(36-29)28(33)31-17-15-30(16-18-31)21-22-8-5-4-6-9-22/h4-6,8-9,11-14,20,25-26,29,32H,3,7,10,15-19,21H2,1-2H3/t25-,26+,29+/m1/s1. The number of hydrogen-bond acceptors (Lipinski definition) is 6. The number of carbonyl (C=O) groups excluding carboxylic acids is 1. The van der Waals surface area contributed by atoms with Crippen LogP contribution in [0.4, 0.5) is 0 Å². The van der Waals surface area contributed by atoms with Crippen molar-refractivity contribution in [1.82, 2.24) is 9.80 Å². The van der Waals surface area contributed by atoms with Crippen molar-refractivity contribution in [1.29, 1.82) is 0 Å². The third kappa shape index (κ3) is 6.46. The van der Waals surface area contributed by atoms with Gasteiger partial charge in [-0.3, -0.25) is 9.69 Å². The van der Waals surface area contributed by atoms with Crippen molar-refractivity contribution in [2.75, 3.05) is 46.5 Å². The Bertz CT molecular complexity index is 986. The molecular weight excluding hydrogens is 456 g/mol. The molecule has 0 spiro atoms. The van der Waals surface area contributed by atoms with Gasteiger partial charge in [-0.2, -0.15) is 0 Å². The zero-order valence-corrected chi connectivity index (χ0v) is 21.3. The number of ether oxygens (including phenoxy) is 3. The fraction of sp³-hybridized carbons (Fsp3) is 0.483. The molecule has 0 aromatic heterocycles. The van der Waals surface area contributed by atoms with E-state index in [2.05, 4.69) is 29.2 Å². The van der Waals surface area contributed by atoms with E-state index in [1.54, 1.807) is 7.11 Å². The van der Waals surface area contributed by atoms with Crippen LogP contribution in [0.25, 0.3) is 0 Å². The summed E-state index contributed by atoms with van der Waals surface area (Å²) in [6.07, 6.45) is 2.79. The predicted molar refractivity (Wildman–Crippen MR) is 138 cm³/mol. The van der Waals surface area contributed by atoms with Gasteiger partial charge in [0.1, 0.15) is 5.75 Å². The number of carbonyl (C=O) groups is 1. The van der Waals surface area contributed by atoms with E-state index in [-0.39, 0.29) is 24.3 Å². The van der Waals surface area contributed by atoms with Crippen LogP contribution < -0.4 is 4.74 Å². The molecule has 0 unspecified atom stereocenters. The van der Waals surface area contributed by atoms with E-state index >= 15 is 0 Å². The van der Waals surface area contributed by atoms with Crippen molar-refractivity contribution < 1.29 is 24.1 Å². The van der Waals surface area contributed by atoms with Gasteiger partial charge in [0, 0.05) is 57.8 Å². The van der Waals surface area contributed by atoms with E-state index < -0.39 is 6.29 Å². The third-order valence-corrected chi connectivity index (χ3v) is 7.03. The highest BCUT2D eigenvalue weighted by atomic mass is 16.7. The van der Waals surface area contributed by atoms with E-state index in [1.807, 2.05) is 48.2 Å². The minimum atomic E-state index is -0.544. The third-order valence-electron chi connectivity index (χ3n) is 7.03. The van der Waals surface area contributed by atoms with E-state index in [1.165, 1.54) is 5.56 Å². The number of piperazine rings is 1. The van der Waals surface area contributed by atoms with Crippen molar-refractivity contribution in [3.8, 4) is 5.75 Å². The average Bonchev–Trinajstić information content (AvgIpc) is 2.93. The summed E-state index contributed by atoms with van der Waals surface area (Å²) >= 11 is 0. The average molecular weight is 495 g/mol. The van der Waals surface area contributed by atoms with Crippen molar-refractivity contribution in [2.45, 2.75) is 38.5 Å². The maximum Gasteiger partial charge on any atom is 0.288 e. The van der Waals surface area contributed by atoms with Crippen LogP contribution in [0.15, 0.2) is 66.4 Å². The Hall–Kier alpha value is -2.87. The number of allylic oxidation sites excluding steroid dienone is 1. The molecule has 194 valence electrons. The molecule has 0 bridgehead atoms. The fourth-order valence-corrected chi connectivity index (χ4v) is 5.07. The van der Waals surface area contributed by atoms with Gasteiger partial charge in [0.05, 0.1) is 7.11 Å². The molecule has 7 nitrogen and oxygen atoms in total. The summed E-state index contributed by atoms with van der Waals surface area (Å²) in [5.41, 5.74) is 2.36. The van der Waals surface area contributed by atoms with Gasteiger partial charge in [-0.15, -0.1) is 0 Å². The fourth-order valence-electron chi connectivity index (χ4n) is 5.07. The quantitative estimate of drug-likeness (QED) is 0.542. The van der Waals surface area contributed by atoms with Gasteiger partial charge in [0.15, 0.2) is 5.76 Å². The second kappa shape index (κ2) is 12.9. The molecule has 1 saturated heterocycles. The molecule has 1 N–H and O–H groups in total. The minimum absolute atomic E-state index is 0.00948. The zero-order chi connectivity index (χ0) is 25.3. The largest absolute Gasteiger partial charge is 0.497 e. The molecule has 2 aliphatic heterocycles. The van der Waals surface area contributed by atoms with Crippen LogP contribution >= 0.6 is 0 Å². The zero-order valence-electron chi connectivity index (χ0n) is 21.3. The van der Waals surface area contributed by atoms with E-state index in [0.717, 1.165) is 37.4 Å². The van der Waals surface area contributed by atoms with Crippen LogP contribution in [0.5, 0.6) is 5.75 Å². The Morgan fingerprint density at radius 2 is 1.78 bits per heavy atom. The number of amides is 1. The van der Waals surface area contributed by atoms with Gasteiger partial charge in [0.2, 0.25) is 6.29 Å². The van der Waals surface area contributed by atoms with Crippen molar-refractivity contribution in [2.24, 2.45) is 5.92 Å². The minimum Gasteiger partial charge on any atom is -0.497 e. The highest BCUT2D eigenvalue weighted by Gasteiger charge is 2.39. The molecule has 2 aromatic carbocycles. The van der Waals surface area contributed by atoms with E-state index in [4.69, 9.17) is 14.2 Å². The molecule has 4 rings (SSSR count). The summed E-state index contributed by atoms with van der Waals surface area (Å²) in [6.45, 7) is 6.37. The normalized spacial score (nSPS) is 22.6. The first kappa shape index (κ1) is 26.2. The van der Waals surface area contributed by atoms with Crippen LogP contribution in [0, 0.1) is 5.92 Å². The number of hydrogen-bond donors (Lipinski definition) is 1. The first-order valence-corrected chi connectivity index (χ1v) is 12.9. The maximum atomic E-state index is 13.6. The summed E-state index contributed by atoms with van der Waals surface area (Å²) in [6, 6.07) is 18.4. The molecule has 1 fully saturated rings. The molecule has 0 radical (unpaired) electrons. The Balaban J connectivity index is 1.50. The molecule has 0 aliphatic carbocycles. The molecule has 2 aliphatic rings. The highest BCUT2D eigenvalue weighted by molar-refractivity contribution is 5.92. The topological polar surface area (TPSA) is 71.5 Å². The lowest BCUT2D eigenvalue weighted by Crippen LogP contribution is -2.49. The molecular formula is C29H38N2O5. The number of benzene rings is 2. The Morgan fingerprint density at radius 3 is 2.42 bits per heavy atom. The van der Waals surface area contributed by atoms with Gasteiger partial charge in [-0.05, 0) is 49.1 Å². The lowest BCUT2D eigenvalue weighted by molar-refractivity contribution is -0.171. The summed E-state index contributed by atoms with van der Waals surface area (Å²) in [7, 11) is 1.65. The van der Waals surface area contributed by atoms with Crippen LogP contribution in [0.1, 0.15) is 36.8 Å². The number of nitrogens with zero attached hydrogens (tertiary/aromatic N) is 2. The molecule has 2 heterocycles. The molecule has 1 amide bonds. The number of aliphatic hydroxyl groups is 1. The van der Waals surface area contributed by atoms with Gasteiger partial charge in [-0.1, -0.05) is 42.5 Å². The smallest absolute Gasteiger partial charge is 0.288 e. The monoisotopic (exact) mass is 494 g/mol. The summed E-state index contributed by atoms with van der Waals surface area (Å²) < 4.78 is 17.5. The molecule has 3 atom stereocenters. The predicted octanol–water partition coefficient (Wildman–Crippen LogP) is 3.79. The summed E-state index contributed by atoms with van der Waals surface area (Å²) in [4.78, 5) is 17.8. The Kier molecular flexibility index (Phi) is 9.39. The number of rotatable bonds is 10. The lowest BCUT2D eigenvalue weighted by Gasteiger charge is -2.39. The van der Waals surface area contributed by atoms with E-state index in [9.17, 15) is 9.90 Å². The van der Waals surface area contributed by atoms with Gasteiger partial charge in [-0.25, -0.2) is 0 Å². The van der Waals surface area contributed by atoms with Crippen molar-refractivity contribution in [3.63, 3.8) is 0 Å². The maximum absolute atomic E-state index is 13.6. The van der Waals surface area contributed by atoms with E-state index in [0.29, 0.717) is 31.9 Å². The van der Waals surface area contributed by atoms with Crippen LogP contribution in [-0.4, -0.2) is 73.6 Å². The second-order valence-electron chi connectivity index (χ2n) is 9.36. The van der Waals surface area contributed by atoms with Crippen molar-refractivity contribution in [3.05, 3.63) is 77.6 Å². The molecule has 36 heavy (non-hydrogen) atoms. The SMILES string of the molecule is CCO[C@H]1OC(C(=O)N2CCN(Cc3ccccc3)CC2)=C[C@@H](c2ccc(OC)cc2)[C@H]1CCCO. The van der Waals surface area contributed by atoms with Gasteiger partial charge < -0.3 is 24.2 Å².